The molecule has 0 spiro atoms. The lowest BCUT2D eigenvalue weighted by Gasteiger charge is -2.21. The number of aliphatic hydroxyl groups excluding tert-OH is 3. The van der Waals surface area contributed by atoms with Gasteiger partial charge in [-0.2, -0.15) is 0 Å². The Morgan fingerprint density at radius 2 is 1.00 bits per heavy atom. The van der Waals surface area contributed by atoms with Gasteiger partial charge in [-0.3, -0.25) is 4.79 Å². The zero-order chi connectivity index (χ0) is 29.5. The van der Waals surface area contributed by atoms with Gasteiger partial charge in [-0.15, -0.1) is 0 Å². The van der Waals surface area contributed by atoms with Crippen molar-refractivity contribution in [1.82, 2.24) is 5.32 Å². The summed E-state index contributed by atoms with van der Waals surface area (Å²) in [6.45, 7) is 4.13. The smallest absolute Gasteiger partial charge is 0.249 e. The standard InChI is InChI=1S/C35H67NO4/c1-3-5-7-9-11-13-15-17-18-20-22-24-26-28-30-34(39)35(40)36-32(31-37)33(38)29-27-25-23-21-19-16-14-12-10-8-6-4-2/h13,15,27,29,32-34,37-39H,3-12,14,16-26,28,30-31H2,1-2H3,(H,36,40)/b15-13-,29-27+. The zero-order valence-corrected chi connectivity index (χ0v) is 26.5. The number of rotatable bonds is 30. The lowest BCUT2D eigenvalue weighted by Crippen LogP contribution is -2.48. The second kappa shape index (κ2) is 30.8. The Kier molecular flexibility index (Phi) is 29.9. The number of carbonyl (C=O) groups excluding carboxylic acids is 1. The van der Waals surface area contributed by atoms with Gasteiger partial charge in [0.25, 0.3) is 0 Å². The molecule has 0 rings (SSSR count). The van der Waals surface area contributed by atoms with Gasteiger partial charge >= 0.3 is 0 Å². The average molecular weight is 566 g/mol. The second-order valence-corrected chi connectivity index (χ2v) is 11.7. The van der Waals surface area contributed by atoms with Crippen LogP contribution in [0, 0.1) is 0 Å². The molecule has 40 heavy (non-hydrogen) atoms. The molecular formula is C35H67NO4. The van der Waals surface area contributed by atoms with Crippen molar-refractivity contribution in [2.75, 3.05) is 6.61 Å². The van der Waals surface area contributed by atoms with E-state index in [0.29, 0.717) is 6.42 Å². The molecule has 236 valence electrons. The van der Waals surface area contributed by atoms with Gasteiger partial charge in [-0.05, 0) is 44.9 Å². The van der Waals surface area contributed by atoms with Crippen molar-refractivity contribution in [3.8, 4) is 0 Å². The lowest BCUT2D eigenvalue weighted by atomic mass is 10.0. The molecule has 3 unspecified atom stereocenters. The predicted octanol–water partition coefficient (Wildman–Crippen LogP) is 8.70. The number of hydrogen-bond acceptors (Lipinski definition) is 4. The van der Waals surface area contributed by atoms with E-state index in [2.05, 4.69) is 31.3 Å². The first-order valence-electron chi connectivity index (χ1n) is 17.2. The van der Waals surface area contributed by atoms with E-state index >= 15 is 0 Å². The molecule has 0 heterocycles. The van der Waals surface area contributed by atoms with Crippen molar-refractivity contribution in [2.24, 2.45) is 0 Å². The van der Waals surface area contributed by atoms with Gasteiger partial charge in [0.05, 0.1) is 18.8 Å². The minimum absolute atomic E-state index is 0.365. The number of nitrogens with one attached hydrogen (secondary N) is 1. The first-order chi connectivity index (χ1) is 19.6. The molecule has 0 aromatic carbocycles. The highest BCUT2D eigenvalue weighted by molar-refractivity contribution is 5.80. The zero-order valence-electron chi connectivity index (χ0n) is 26.5. The number of unbranched alkanes of at least 4 members (excludes halogenated alkanes) is 20. The van der Waals surface area contributed by atoms with Crippen molar-refractivity contribution < 1.29 is 20.1 Å². The Bertz CT molecular complexity index is 592. The van der Waals surface area contributed by atoms with Crippen molar-refractivity contribution >= 4 is 5.91 Å². The molecule has 0 bridgehead atoms. The van der Waals surface area contributed by atoms with Crippen molar-refractivity contribution in [2.45, 2.75) is 186 Å². The maximum absolute atomic E-state index is 12.3. The summed E-state index contributed by atoms with van der Waals surface area (Å²) in [6.07, 6.45) is 34.7. The topological polar surface area (TPSA) is 89.8 Å². The normalized spacial score (nSPS) is 14.2. The molecule has 4 N–H and O–H groups in total. The van der Waals surface area contributed by atoms with E-state index in [4.69, 9.17) is 0 Å². The van der Waals surface area contributed by atoms with E-state index in [9.17, 15) is 20.1 Å². The van der Waals surface area contributed by atoms with Gasteiger partial charge in [-0.1, -0.05) is 147 Å². The van der Waals surface area contributed by atoms with E-state index < -0.39 is 24.2 Å². The van der Waals surface area contributed by atoms with Crippen molar-refractivity contribution in [3.63, 3.8) is 0 Å². The van der Waals surface area contributed by atoms with Crippen LogP contribution < -0.4 is 5.32 Å². The molecule has 1 amide bonds. The molecule has 5 nitrogen and oxygen atoms in total. The van der Waals surface area contributed by atoms with Gasteiger partial charge in [0, 0.05) is 0 Å². The molecule has 3 atom stereocenters. The number of allylic oxidation sites excluding steroid dienone is 3. The summed E-state index contributed by atoms with van der Waals surface area (Å²) in [5.74, 6) is -0.511. The van der Waals surface area contributed by atoms with Crippen LogP contribution in [0.3, 0.4) is 0 Å². The van der Waals surface area contributed by atoms with Gasteiger partial charge in [0.1, 0.15) is 6.10 Å². The average Bonchev–Trinajstić information content (AvgIpc) is 2.96. The van der Waals surface area contributed by atoms with Gasteiger partial charge < -0.3 is 20.6 Å². The fraction of sp³-hybridized carbons (Fsp3) is 0.857. The molecule has 0 aliphatic heterocycles. The van der Waals surface area contributed by atoms with Gasteiger partial charge in [0.15, 0.2) is 0 Å². The maximum Gasteiger partial charge on any atom is 0.249 e. The number of hydrogen-bond donors (Lipinski definition) is 4. The molecule has 0 fully saturated rings. The highest BCUT2D eigenvalue weighted by Crippen LogP contribution is 2.13. The SMILES string of the molecule is CCCCCC/C=C\CCCCCCCCC(O)C(=O)NC(CO)C(O)/C=C/CCCCCCCCCCCC. The molecule has 0 aliphatic carbocycles. The Balaban J connectivity index is 3.80. The summed E-state index contributed by atoms with van der Waals surface area (Å²) in [6, 6.07) is -0.795. The second-order valence-electron chi connectivity index (χ2n) is 11.7. The van der Waals surface area contributed by atoms with Crippen molar-refractivity contribution in [3.05, 3.63) is 24.3 Å². The summed E-state index contributed by atoms with van der Waals surface area (Å²) in [5.41, 5.74) is 0. The third-order valence-corrected chi connectivity index (χ3v) is 7.79. The molecule has 5 heteroatoms. The van der Waals surface area contributed by atoms with Crippen LogP contribution in [0.25, 0.3) is 0 Å². The quantitative estimate of drug-likeness (QED) is 0.0518. The summed E-state index contributed by atoms with van der Waals surface area (Å²) < 4.78 is 0. The maximum atomic E-state index is 12.3. The third kappa shape index (κ3) is 25.8. The van der Waals surface area contributed by atoms with Crippen LogP contribution in [0.5, 0.6) is 0 Å². The van der Waals surface area contributed by atoms with Crippen LogP contribution in [-0.4, -0.2) is 46.1 Å². The van der Waals surface area contributed by atoms with E-state index in [1.54, 1.807) is 6.08 Å². The van der Waals surface area contributed by atoms with E-state index in [1.807, 2.05) is 6.08 Å². The minimum Gasteiger partial charge on any atom is -0.394 e. The summed E-state index contributed by atoms with van der Waals surface area (Å²) >= 11 is 0. The molecular weight excluding hydrogens is 498 g/mol. The predicted molar refractivity (Wildman–Crippen MR) is 171 cm³/mol. The van der Waals surface area contributed by atoms with Gasteiger partial charge in [0.2, 0.25) is 5.91 Å². The van der Waals surface area contributed by atoms with E-state index in [0.717, 1.165) is 32.1 Å². The fourth-order valence-corrected chi connectivity index (χ4v) is 5.00. The van der Waals surface area contributed by atoms with E-state index in [1.165, 1.54) is 116 Å². The molecule has 0 aromatic rings. The van der Waals surface area contributed by atoms with Crippen LogP contribution in [0.1, 0.15) is 168 Å². The molecule has 0 aliphatic rings. The highest BCUT2D eigenvalue weighted by atomic mass is 16.3. The third-order valence-electron chi connectivity index (χ3n) is 7.79. The Morgan fingerprint density at radius 3 is 1.48 bits per heavy atom. The summed E-state index contributed by atoms with van der Waals surface area (Å²) in [7, 11) is 0. The van der Waals surface area contributed by atoms with Crippen LogP contribution in [0.15, 0.2) is 24.3 Å². The lowest BCUT2D eigenvalue weighted by molar-refractivity contribution is -0.131. The van der Waals surface area contributed by atoms with Crippen LogP contribution >= 0.6 is 0 Å². The van der Waals surface area contributed by atoms with Crippen LogP contribution in [0.4, 0.5) is 0 Å². The number of aliphatic hydroxyl groups is 3. The largest absolute Gasteiger partial charge is 0.394 e. The molecule has 0 radical (unpaired) electrons. The summed E-state index contributed by atoms with van der Waals surface area (Å²) in [4.78, 5) is 12.3. The first-order valence-corrected chi connectivity index (χ1v) is 17.2. The first kappa shape index (κ1) is 38.8. The monoisotopic (exact) mass is 566 g/mol. The van der Waals surface area contributed by atoms with Gasteiger partial charge in [-0.25, -0.2) is 0 Å². The highest BCUT2D eigenvalue weighted by Gasteiger charge is 2.22. The van der Waals surface area contributed by atoms with Crippen LogP contribution in [-0.2, 0) is 4.79 Å². The number of amides is 1. The molecule has 0 saturated heterocycles. The number of carbonyl (C=O) groups is 1. The molecule has 0 aromatic heterocycles. The Hall–Kier alpha value is -1.17. The van der Waals surface area contributed by atoms with Crippen molar-refractivity contribution in [1.29, 1.82) is 0 Å². The Morgan fingerprint density at radius 1 is 0.600 bits per heavy atom. The van der Waals surface area contributed by atoms with E-state index in [-0.39, 0.29) is 6.61 Å². The summed E-state index contributed by atoms with van der Waals surface area (Å²) in [5, 5.41) is 32.8. The van der Waals surface area contributed by atoms with Crippen LogP contribution in [0.2, 0.25) is 0 Å². The minimum atomic E-state index is -1.10. The molecule has 0 saturated carbocycles. The fourth-order valence-electron chi connectivity index (χ4n) is 5.00. The Labute approximate surface area is 248 Å².